The van der Waals surface area contributed by atoms with Gasteiger partial charge in [0.15, 0.2) is 0 Å². The molecule has 5 heteroatoms. The molecule has 0 fully saturated rings. The first kappa shape index (κ1) is 12.9. The van der Waals surface area contributed by atoms with Crippen LogP contribution in [0.2, 0.25) is 0 Å². The van der Waals surface area contributed by atoms with Gasteiger partial charge in [0, 0.05) is 28.1 Å². The molecule has 0 saturated heterocycles. The molecule has 20 heavy (non-hydrogen) atoms. The smallest absolute Gasteiger partial charge is 0.123 e. The van der Waals surface area contributed by atoms with Crippen LogP contribution in [0.1, 0.15) is 4.88 Å². The lowest BCUT2D eigenvalue weighted by Crippen LogP contribution is -1.91. The summed E-state index contributed by atoms with van der Waals surface area (Å²) in [5.41, 5.74) is 8.54. The molecule has 3 rings (SSSR count). The number of hydrogen-bond donors (Lipinski definition) is 1. The molecule has 2 heterocycles. The van der Waals surface area contributed by atoms with E-state index in [0.717, 1.165) is 26.6 Å². The Hall–Kier alpha value is -2.11. The topological polar surface area (TPSA) is 51.8 Å². The Labute approximate surface area is 119 Å². The number of hydrogen-bond acceptors (Lipinski definition) is 4. The van der Waals surface area contributed by atoms with Gasteiger partial charge in [0.05, 0.1) is 5.69 Å². The van der Waals surface area contributed by atoms with Crippen molar-refractivity contribution in [1.29, 1.82) is 0 Å². The van der Waals surface area contributed by atoms with Crippen LogP contribution in [-0.2, 0) is 6.54 Å². The average molecular weight is 285 g/mol. The fourth-order valence-electron chi connectivity index (χ4n) is 2.00. The molecule has 0 amide bonds. The highest BCUT2D eigenvalue weighted by atomic mass is 32.1. The summed E-state index contributed by atoms with van der Waals surface area (Å²) in [6.45, 7) is 0.476. The lowest BCUT2D eigenvalue weighted by Gasteiger charge is -2.03. The number of halogens is 1. The van der Waals surface area contributed by atoms with Gasteiger partial charge in [-0.15, -0.1) is 11.3 Å². The Bertz CT molecular complexity index is 708. The fraction of sp³-hybridized carbons (Fsp3) is 0.0667. The van der Waals surface area contributed by atoms with E-state index in [-0.39, 0.29) is 5.82 Å². The third-order valence-corrected chi connectivity index (χ3v) is 4.16. The third-order valence-electron chi connectivity index (χ3n) is 2.95. The van der Waals surface area contributed by atoms with E-state index >= 15 is 0 Å². The molecule has 2 N–H and O–H groups in total. The summed E-state index contributed by atoms with van der Waals surface area (Å²) in [5.74, 6) is -0.243. The number of rotatable bonds is 3. The Balaban J connectivity index is 2.15. The largest absolute Gasteiger partial charge is 0.326 e. The van der Waals surface area contributed by atoms with E-state index in [9.17, 15) is 4.39 Å². The molecule has 100 valence electrons. The average Bonchev–Trinajstić information content (AvgIpc) is 2.93. The minimum Gasteiger partial charge on any atom is -0.326 e. The van der Waals surface area contributed by atoms with Crippen LogP contribution < -0.4 is 5.73 Å². The molecule has 0 unspecified atom stereocenters. The Morgan fingerprint density at radius 3 is 2.60 bits per heavy atom. The van der Waals surface area contributed by atoms with Crippen molar-refractivity contribution in [3.8, 4) is 21.7 Å². The highest BCUT2D eigenvalue weighted by Crippen LogP contribution is 2.38. The van der Waals surface area contributed by atoms with Crippen molar-refractivity contribution in [3.05, 3.63) is 59.6 Å². The van der Waals surface area contributed by atoms with E-state index in [0.29, 0.717) is 6.54 Å². The van der Waals surface area contributed by atoms with Gasteiger partial charge >= 0.3 is 0 Å². The lowest BCUT2D eigenvalue weighted by atomic mass is 10.1. The van der Waals surface area contributed by atoms with Gasteiger partial charge in [0.2, 0.25) is 0 Å². The molecule has 0 saturated carbocycles. The fourth-order valence-corrected chi connectivity index (χ4v) is 3.05. The van der Waals surface area contributed by atoms with E-state index in [2.05, 4.69) is 9.97 Å². The van der Waals surface area contributed by atoms with Crippen LogP contribution in [0, 0.1) is 5.82 Å². The van der Waals surface area contributed by atoms with Crippen LogP contribution in [-0.4, -0.2) is 9.97 Å². The molecule has 3 nitrogen and oxygen atoms in total. The minimum absolute atomic E-state index is 0.243. The van der Waals surface area contributed by atoms with E-state index in [1.807, 2.05) is 12.1 Å². The maximum Gasteiger partial charge on any atom is 0.123 e. The van der Waals surface area contributed by atoms with E-state index in [1.165, 1.54) is 18.5 Å². The zero-order chi connectivity index (χ0) is 13.9. The molecule has 2 aromatic heterocycles. The lowest BCUT2D eigenvalue weighted by molar-refractivity contribution is 0.628. The number of aromatic nitrogens is 2. The number of nitrogens with two attached hydrogens (primary N) is 1. The van der Waals surface area contributed by atoms with Crippen LogP contribution in [0.5, 0.6) is 0 Å². The van der Waals surface area contributed by atoms with Crippen LogP contribution in [0.15, 0.2) is 48.9 Å². The first-order chi connectivity index (χ1) is 9.78. The normalized spacial score (nSPS) is 10.7. The van der Waals surface area contributed by atoms with Crippen molar-refractivity contribution >= 4 is 11.3 Å². The first-order valence-electron chi connectivity index (χ1n) is 6.13. The van der Waals surface area contributed by atoms with Gasteiger partial charge in [0.25, 0.3) is 0 Å². The van der Waals surface area contributed by atoms with Crippen molar-refractivity contribution in [2.24, 2.45) is 5.73 Å². The molecule has 0 aliphatic carbocycles. The molecule has 0 radical (unpaired) electrons. The van der Waals surface area contributed by atoms with Gasteiger partial charge in [0.1, 0.15) is 12.1 Å². The van der Waals surface area contributed by atoms with Crippen LogP contribution in [0.3, 0.4) is 0 Å². The van der Waals surface area contributed by atoms with E-state index in [4.69, 9.17) is 5.73 Å². The monoisotopic (exact) mass is 285 g/mol. The molecule has 0 aliphatic rings. The molecule has 0 spiro atoms. The standard InChI is InChI=1S/C15H12FN3S/c16-11-3-1-10(2-4-11)15-13(7-12(8-17)20-15)14-5-6-18-9-19-14/h1-7,9H,8,17H2. The van der Waals surface area contributed by atoms with Crippen molar-refractivity contribution in [1.82, 2.24) is 9.97 Å². The predicted molar refractivity (Wildman–Crippen MR) is 78.6 cm³/mol. The summed E-state index contributed by atoms with van der Waals surface area (Å²) < 4.78 is 13.1. The highest BCUT2D eigenvalue weighted by Gasteiger charge is 2.13. The van der Waals surface area contributed by atoms with Crippen molar-refractivity contribution < 1.29 is 4.39 Å². The van der Waals surface area contributed by atoms with Crippen molar-refractivity contribution in [2.75, 3.05) is 0 Å². The van der Waals surface area contributed by atoms with Crippen LogP contribution >= 0.6 is 11.3 Å². The first-order valence-corrected chi connectivity index (χ1v) is 6.94. The zero-order valence-corrected chi connectivity index (χ0v) is 11.4. The van der Waals surface area contributed by atoms with Gasteiger partial charge in [-0.1, -0.05) is 12.1 Å². The summed E-state index contributed by atoms with van der Waals surface area (Å²) in [4.78, 5) is 10.3. The quantitative estimate of drug-likeness (QED) is 0.801. The summed E-state index contributed by atoms with van der Waals surface area (Å²) in [5, 5.41) is 0. The number of thiophene rings is 1. The van der Waals surface area contributed by atoms with Gasteiger partial charge < -0.3 is 5.73 Å². The van der Waals surface area contributed by atoms with E-state index in [1.54, 1.807) is 29.7 Å². The van der Waals surface area contributed by atoms with Crippen molar-refractivity contribution in [2.45, 2.75) is 6.54 Å². The molecule has 0 aliphatic heterocycles. The molecular formula is C15H12FN3S. The van der Waals surface area contributed by atoms with Gasteiger partial charge in [-0.05, 0) is 29.8 Å². The number of benzene rings is 1. The summed E-state index contributed by atoms with van der Waals surface area (Å²) in [7, 11) is 0. The molecule has 0 bridgehead atoms. The Morgan fingerprint density at radius 2 is 1.95 bits per heavy atom. The van der Waals surface area contributed by atoms with Crippen molar-refractivity contribution in [3.63, 3.8) is 0 Å². The summed E-state index contributed by atoms with van der Waals surface area (Å²) in [6, 6.07) is 10.3. The van der Waals surface area contributed by atoms with Gasteiger partial charge in [-0.2, -0.15) is 0 Å². The summed E-state index contributed by atoms with van der Waals surface area (Å²) >= 11 is 1.61. The SMILES string of the molecule is NCc1cc(-c2ccncn2)c(-c2ccc(F)cc2)s1. The summed E-state index contributed by atoms with van der Waals surface area (Å²) in [6.07, 6.45) is 3.22. The third kappa shape index (κ3) is 2.45. The molecule has 0 atom stereocenters. The Morgan fingerprint density at radius 1 is 1.15 bits per heavy atom. The maximum absolute atomic E-state index is 13.1. The molecule has 3 aromatic rings. The second-order valence-electron chi connectivity index (χ2n) is 4.26. The predicted octanol–water partition coefficient (Wildman–Crippen LogP) is 3.47. The highest BCUT2D eigenvalue weighted by molar-refractivity contribution is 7.16. The maximum atomic E-state index is 13.1. The van der Waals surface area contributed by atoms with Crippen LogP contribution in [0.25, 0.3) is 21.7 Å². The zero-order valence-electron chi connectivity index (χ0n) is 10.6. The second-order valence-corrected chi connectivity index (χ2v) is 5.40. The Kier molecular flexibility index (Phi) is 3.54. The number of nitrogens with zero attached hydrogens (tertiary/aromatic N) is 2. The van der Waals surface area contributed by atoms with Gasteiger partial charge in [-0.3, -0.25) is 0 Å². The minimum atomic E-state index is -0.243. The molecule has 1 aromatic carbocycles. The van der Waals surface area contributed by atoms with Crippen LogP contribution in [0.4, 0.5) is 4.39 Å². The second kappa shape index (κ2) is 5.48. The van der Waals surface area contributed by atoms with E-state index < -0.39 is 0 Å². The molecular weight excluding hydrogens is 273 g/mol. The van der Waals surface area contributed by atoms with Gasteiger partial charge in [-0.25, -0.2) is 14.4 Å².